The maximum absolute atomic E-state index is 12.7. The number of rotatable bonds is 3. The van der Waals surface area contributed by atoms with Crippen molar-refractivity contribution in [2.45, 2.75) is 25.4 Å². The highest BCUT2D eigenvalue weighted by molar-refractivity contribution is 5.42. The molecule has 1 fully saturated rings. The summed E-state index contributed by atoms with van der Waals surface area (Å²) in [5.74, 6) is 0.701. The van der Waals surface area contributed by atoms with E-state index in [9.17, 15) is 13.2 Å². The smallest absolute Gasteiger partial charge is 0.396 e. The van der Waals surface area contributed by atoms with Crippen molar-refractivity contribution in [2.75, 3.05) is 24.6 Å². The van der Waals surface area contributed by atoms with Crippen LogP contribution in [0.2, 0.25) is 0 Å². The Bertz CT molecular complexity index is 421. The monoisotopic (exact) mass is 274 g/mol. The summed E-state index contributed by atoms with van der Waals surface area (Å²) in [6, 6.07) is 2.08. The average molecular weight is 274 g/mol. The van der Waals surface area contributed by atoms with Gasteiger partial charge in [0.1, 0.15) is 5.82 Å². The lowest BCUT2D eigenvalue weighted by Crippen LogP contribution is -2.36. The summed E-state index contributed by atoms with van der Waals surface area (Å²) in [5, 5.41) is 8.94. The molecule has 1 atom stereocenters. The Morgan fingerprint density at radius 3 is 2.89 bits per heavy atom. The number of alkyl halides is 3. The highest BCUT2D eigenvalue weighted by atomic mass is 19.4. The van der Waals surface area contributed by atoms with Gasteiger partial charge >= 0.3 is 6.18 Å². The van der Waals surface area contributed by atoms with E-state index in [0.717, 1.165) is 31.5 Å². The second-order valence-electron chi connectivity index (χ2n) is 4.87. The SMILES string of the molecule is OCCC1CCCN(c2cc(C(F)(F)F)ccn2)C1. The van der Waals surface area contributed by atoms with Gasteiger partial charge in [-0.3, -0.25) is 0 Å². The van der Waals surface area contributed by atoms with Crippen molar-refractivity contribution in [3.8, 4) is 0 Å². The molecule has 1 unspecified atom stereocenters. The second kappa shape index (κ2) is 5.77. The molecular formula is C13H17F3N2O. The second-order valence-corrected chi connectivity index (χ2v) is 4.87. The lowest BCUT2D eigenvalue weighted by molar-refractivity contribution is -0.137. The Hall–Kier alpha value is -1.30. The van der Waals surface area contributed by atoms with Gasteiger partial charge in [0.2, 0.25) is 0 Å². The molecule has 1 saturated heterocycles. The van der Waals surface area contributed by atoms with Crippen molar-refractivity contribution in [3.63, 3.8) is 0 Å². The van der Waals surface area contributed by atoms with Crippen LogP contribution >= 0.6 is 0 Å². The molecule has 106 valence electrons. The molecule has 0 amide bonds. The molecule has 0 spiro atoms. The third kappa shape index (κ3) is 3.59. The van der Waals surface area contributed by atoms with Gasteiger partial charge < -0.3 is 10.0 Å². The zero-order chi connectivity index (χ0) is 13.9. The van der Waals surface area contributed by atoms with Gasteiger partial charge in [-0.2, -0.15) is 13.2 Å². The lowest BCUT2D eigenvalue weighted by Gasteiger charge is -2.33. The Kier molecular flexibility index (Phi) is 4.29. The minimum absolute atomic E-state index is 0.120. The van der Waals surface area contributed by atoms with Crippen LogP contribution < -0.4 is 4.90 Å². The van der Waals surface area contributed by atoms with E-state index in [2.05, 4.69) is 4.98 Å². The summed E-state index contributed by atoms with van der Waals surface area (Å²) in [6.07, 6.45) is -0.514. The van der Waals surface area contributed by atoms with E-state index in [-0.39, 0.29) is 6.61 Å². The van der Waals surface area contributed by atoms with Crippen LogP contribution in [0.15, 0.2) is 18.3 Å². The molecule has 19 heavy (non-hydrogen) atoms. The Labute approximate surface area is 110 Å². The van der Waals surface area contributed by atoms with Gasteiger partial charge in [0.05, 0.1) is 5.56 Å². The molecule has 0 radical (unpaired) electrons. The van der Waals surface area contributed by atoms with Crippen molar-refractivity contribution in [1.82, 2.24) is 4.98 Å². The van der Waals surface area contributed by atoms with Crippen LogP contribution in [-0.2, 0) is 6.18 Å². The molecule has 0 bridgehead atoms. The molecule has 1 N–H and O–H groups in total. The normalized spacial score (nSPS) is 20.6. The maximum atomic E-state index is 12.7. The van der Waals surface area contributed by atoms with Crippen molar-refractivity contribution in [1.29, 1.82) is 0 Å². The highest BCUT2D eigenvalue weighted by Crippen LogP contribution is 2.31. The highest BCUT2D eigenvalue weighted by Gasteiger charge is 2.31. The van der Waals surface area contributed by atoms with Gasteiger partial charge in [0.15, 0.2) is 0 Å². The van der Waals surface area contributed by atoms with E-state index in [4.69, 9.17) is 5.11 Å². The Morgan fingerprint density at radius 1 is 1.42 bits per heavy atom. The molecule has 3 nitrogen and oxygen atoms in total. The summed E-state index contributed by atoms with van der Waals surface area (Å²) in [7, 11) is 0. The van der Waals surface area contributed by atoms with Crippen LogP contribution in [0.1, 0.15) is 24.8 Å². The van der Waals surface area contributed by atoms with Crippen molar-refractivity contribution in [3.05, 3.63) is 23.9 Å². The van der Waals surface area contributed by atoms with E-state index in [1.165, 1.54) is 6.20 Å². The molecule has 1 aliphatic heterocycles. The Balaban J connectivity index is 2.13. The zero-order valence-corrected chi connectivity index (χ0v) is 10.5. The van der Waals surface area contributed by atoms with Gasteiger partial charge in [-0.05, 0) is 37.3 Å². The lowest BCUT2D eigenvalue weighted by atomic mass is 9.95. The van der Waals surface area contributed by atoms with E-state index in [1.807, 2.05) is 4.90 Å². The van der Waals surface area contributed by atoms with E-state index >= 15 is 0 Å². The number of hydrogen-bond acceptors (Lipinski definition) is 3. The summed E-state index contributed by atoms with van der Waals surface area (Å²) < 4.78 is 38.0. The first-order valence-electron chi connectivity index (χ1n) is 6.40. The third-order valence-electron chi connectivity index (χ3n) is 3.45. The number of aliphatic hydroxyl groups excluding tert-OH is 1. The molecule has 0 saturated carbocycles. The van der Waals surface area contributed by atoms with E-state index in [0.29, 0.717) is 24.7 Å². The fourth-order valence-corrected chi connectivity index (χ4v) is 2.46. The van der Waals surface area contributed by atoms with Crippen molar-refractivity contribution < 1.29 is 18.3 Å². The predicted molar refractivity (Wildman–Crippen MR) is 65.9 cm³/mol. The molecule has 2 rings (SSSR count). The number of nitrogens with zero attached hydrogens (tertiary/aromatic N) is 2. The molecular weight excluding hydrogens is 257 g/mol. The number of halogens is 3. The fourth-order valence-electron chi connectivity index (χ4n) is 2.46. The molecule has 6 heteroatoms. The quantitative estimate of drug-likeness (QED) is 0.920. The summed E-state index contributed by atoms with van der Waals surface area (Å²) >= 11 is 0. The minimum Gasteiger partial charge on any atom is -0.396 e. The molecule has 1 aromatic heterocycles. The van der Waals surface area contributed by atoms with Crippen LogP contribution in [0.4, 0.5) is 19.0 Å². The molecule has 1 aromatic rings. The Morgan fingerprint density at radius 2 is 2.21 bits per heavy atom. The zero-order valence-electron chi connectivity index (χ0n) is 10.5. The van der Waals surface area contributed by atoms with Gasteiger partial charge in [0.25, 0.3) is 0 Å². The number of aromatic nitrogens is 1. The van der Waals surface area contributed by atoms with Crippen molar-refractivity contribution >= 4 is 5.82 Å². The van der Waals surface area contributed by atoms with Gasteiger partial charge in [-0.15, -0.1) is 0 Å². The minimum atomic E-state index is -4.34. The summed E-state index contributed by atoms with van der Waals surface area (Å²) in [4.78, 5) is 5.91. The van der Waals surface area contributed by atoms with Gasteiger partial charge in [0, 0.05) is 25.9 Å². The number of piperidine rings is 1. The number of aliphatic hydroxyl groups is 1. The van der Waals surface area contributed by atoms with E-state index < -0.39 is 11.7 Å². The number of anilines is 1. The fraction of sp³-hybridized carbons (Fsp3) is 0.615. The summed E-state index contributed by atoms with van der Waals surface area (Å²) in [6.45, 7) is 1.50. The van der Waals surface area contributed by atoms with Crippen LogP contribution in [-0.4, -0.2) is 29.8 Å². The van der Waals surface area contributed by atoms with Gasteiger partial charge in [-0.1, -0.05) is 0 Å². The third-order valence-corrected chi connectivity index (χ3v) is 3.45. The van der Waals surface area contributed by atoms with Crippen LogP contribution in [0.25, 0.3) is 0 Å². The first-order chi connectivity index (χ1) is 9.00. The number of hydrogen-bond donors (Lipinski definition) is 1. The van der Waals surface area contributed by atoms with Crippen LogP contribution in [0.5, 0.6) is 0 Å². The maximum Gasteiger partial charge on any atom is 0.416 e. The molecule has 1 aliphatic rings. The van der Waals surface area contributed by atoms with E-state index in [1.54, 1.807) is 0 Å². The van der Waals surface area contributed by atoms with Crippen molar-refractivity contribution in [2.24, 2.45) is 5.92 Å². The van der Waals surface area contributed by atoms with Gasteiger partial charge in [-0.25, -0.2) is 4.98 Å². The standard InChI is InChI=1S/C13H17F3N2O/c14-13(15,16)11-3-5-17-12(8-11)18-6-1-2-10(9-18)4-7-19/h3,5,8,10,19H,1-2,4,6-7,9H2. The van der Waals surface area contributed by atoms with Crippen LogP contribution in [0, 0.1) is 5.92 Å². The largest absolute Gasteiger partial charge is 0.416 e. The first-order valence-corrected chi connectivity index (χ1v) is 6.40. The first kappa shape index (κ1) is 14.1. The topological polar surface area (TPSA) is 36.4 Å². The molecule has 2 heterocycles. The van der Waals surface area contributed by atoms with Crippen LogP contribution in [0.3, 0.4) is 0 Å². The average Bonchev–Trinajstić information content (AvgIpc) is 2.39. The summed E-state index contributed by atoms with van der Waals surface area (Å²) in [5.41, 5.74) is -0.665. The molecule has 0 aromatic carbocycles. The number of pyridine rings is 1. The molecule has 0 aliphatic carbocycles. The predicted octanol–water partition coefficient (Wildman–Crippen LogP) is 2.70.